The third-order valence-electron chi connectivity index (χ3n) is 1.99. The van der Waals surface area contributed by atoms with Crippen LogP contribution < -0.4 is 0 Å². The summed E-state index contributed by atoms with van der Waals surface area (Å²) in [7, 11) is 0. The number of hydrogen-bond donors (Lipinski definition) is 0. The van der Waals surface area contributed by atoms with Crippen molar-refractivity contribution in [2.75, 3.05) is 6.61 Å². The number of rotatable bonds is 3. The van der Waals surface area contributed by atoms with E-state index in [-0.39, 0.29) is 18.1 Å². The molecule has 0 unspecified atom stereocenters. The van der Waals surface area contributed by atoms with Crippen molar-refractivity contribution >= 4 is 5.97 Å². The van der Waals surface area contributed by atoms with E-state index >= 15 is 0 Å². The fourth-order valence-electron chi connectivity index (χ4n) is 1.26. The van der Waals surface area contributed by atoms with Crippen molar-refractivity contribution in [3.63, 3.8) is 0 Å². The standard InChI is InChI=1S/C10H10N2O4/c1-3-14-10(13)7-9(15-5-11-7)8-6(2)4-12-16-8/h4-5H,3H2,1-2H3. The molecule has 0 radical (unpaired) electrons. The number of aromatic nitrogens is 2. The zero-order valence-corrected chi connectivity index (χ0v) is 8.89. The molecule has 0 aliphatic heterocycles. The molecule has 0 saturated carbocycles. The van der Waals surface area contributed by atoms with Crippen molar-refractivity contribution in [2.24, 2.45) is 0 Å². The number of esters is 1. The van der Waals surface area contributed by atoms with E-state index in [1.54, 1.807) is 13.8 Å². The SMILES string of the molecule is CCOC(=O)c1ncoc1-c1oncc1C. The van der Waals surface area contributed by atoms with Gasteiger partial charge in [0.25, 0.3) is 0 Å². The highest BCUT2D eigenvalue weighted by atomic mass is 16.5. The lowest BCUT2D eigenvalue weighted by molar-refractivity contribution is 0.0520. The van der Waals surface area contributed by atoms with Gasteiger partial charge in [0.2, 0.25) is 11.5 Å². The monoisotopic (exact) mass is 222 g/mol. The van der Waals surface area contributed by atoms with Crippen LogP contribution in [0.4, 0.5) is 0 Å². The molecule has 2 rings (SSSR count). The summed E-state index contributed by atoms with van der Waals surface area (Å²) in [5, 5.41) is 3.61. The maximum atomic E-state index is 11.5. The Labute approximate surface area is 91.2 Å². The van der Waals surface area contributed by atoms with Gasteiger partial charge in [0.05, 0.1) is 12.8 Å². The molecule has 0 aromatic carbocycles. The maximum Gasteiger partial charge on any atom is 0.361 e. The van der Waals surface area contributed by atoms with Crippen LogP contribution in [-0.4, -0.2) is 22.7 Å². The number of ether oxygens (including phenoxy) is 1. The Morgan fingerprint density at radius 3 is 2.94 bits per heavy atom. The molecule has 16 heavy (non-hydrogen) atoms. The quantitative estimate of drug-likeness (QED) is 0.737. The van der Waals surface area contributed by atoms with Crippen LogP contribution in [0.1, 0.15) is 23.0 Å². The Kier molecular flexibility index (Phi) is 2.72. The molecule has 0 fully saturated rings. The van der Waals surface area contributed by atoms with E-state index in [2.05, 4.69) is 10.1 Å². The predicted octanol–water partition coefficient (Wildman–Crippen LogP) is 1.81. The van der Waals surface area contributed by atoms with Gasteiger partial charge in [-0.25, -0.2) is 9.78 Å². The summed E-state index contributed by atoms with van der Waals surface area (Å²) in [5.74, 6) is 0.0936. The number of hydrogen-bond acceptors (Lipinski definition) is 6. The second kappa shape index (κ2) is 4.18. The molecule has 0 N–H and O–H groups in total. The van der Waals surface area contributed by atoms with Crippen molar-refractivity contribution < 1.29 is 18.5 Å². The second-order valence-electron chi connectivity index (χ2n) is 3.09. The maximum absolute atomic E-state index is 11.5. The summed E-state index contributed by atoms with van der Waals surface area (Å²) in [5.41, 5.74) is 0.865. The molecule has 2 aromatic heterocycles. The highest BCUT2D eigenvalue weighted by Gasteiger charge is 2.23. The highest BCUT2D eigenvalue weighted by molar-refractivity contribution is 5.93. The molecule has 0 amide bonds. The number of aryl methyl sites for hydroxylation is 1. The van der Waals surface area contributed by atoms with Crippen molar-refractivity contribution in [1.29, 1.82) is 0 Å². The molecule has 0 saturated heterocycles. The van der Waals surface area contributed by atoms with Crippen LogP contribution in [-0.2, 0) is 4.74 Å². The van der Waals surface area contributed by atoms with Gasteiger partial charge in [0.1, 0.15) is 0 Å². The Bertz CT molecular complexity index is 500. The third kappa shape index (κ3) is 1.69. The van der Waals surface area contributed by atoms with Crippen LogP contribution in [0.2, 0.25) is 0 Å². The van der Waals surface area contributed by atoms with Gasteiger partial charge in [0.15, 0.2) is 12.1 Å². The Hall–Kier alpha value is -2.11. The molecule has 2 heterocycles. The fraction of sp³-hybridized carbons (Fsp3) is 0.300. The number of carbonyl (C=O) groups is 1. The topological polar surface area (TPSA) is 78.4 Å². The van der Waals surface area contributed by atoms with Crippen LogP contribution in [0.25, 0.3) is 11.5 Å². The number of nitrogens with zero attached hydrogens (tertiary/aromatic N) is 2. The number of carbonyl (C=O) groups excluding carboxylic acids is 1. The molecule has 0 aliphatic carbocycles. The molecule has 0 aliphatic rings. The largest absolute Gasteiger partial charge is 0.461 e. The Morgan fingerprint density at radius 2 is 2.31 bits per heavy atom. The van der Waals surface area contributed by atoms with E-state index in [1.165, 1.54) is 12.6 Å². The first kappa shape index (κ1) is 10.4. The molecular weight excluding hydrogens is 212 g/mol. The first-order chi connectivity index (χ1) is 7.74. The van der Waals surface area contributed by atoms with Gasteiger partial charge in [0, 0.05) is 5.56 Å². The third-order valence-corrected chi connectivity index (χ3v) is 1.99. The number of oxazole rings is 1. The van der Waals surface area contributed by atoms with Crippen molar-refractivity contribution in [3.8, 4) is 11.5 Å². The Balaban J connectivity index is 2.40. The summed E-state index contributed by atoms with van der Waals surface area (Å²) in [6.07, 6.45) is 2.70. The highest BCUT2D eigenvalue weighted by Crippen LogP contribution is 2.26. The van der Waals surface area contributed by atoms with Crippen LogP contribution in [0.15, 0.2) is 21.5 Å². The lowest BCUT2D eigenvalue weighted by Crippen LogP contribution is -2.06. The zero-order chi connectivity index (χ0) is 11.5. The average molecular weight is 222 g/mol. The normalized spacial score (nSPS) is 10.4. The van der Waals surface area contributed by atoms with Crippen molar-refractivity contribution in [1.82, 2.24) is 10.1 Å². The van der Waals surface area contributed by atoms with Gasteiger partial charge in [-0.05, 0) is 13.8 Å². The fourth-order valence-corrected chi connectivity index (χ4v) is 1.26. The van der Waals surface area contributed by atoms with Crippen LogP contribution in [0, 0.1) is 6.92 Å². The van der Waals surface area contributed by atoms with E-state index in [0.29, 0.717) is 5.76 Å². The van der Waals surface area contributed by atoms with E-state index in [4.69, 9.17) is 13.7 Å². The molecule has 0 atom stereocenters. The van der Waals surface area contributed by atoms with Gasteiger partial charge < -0.3 is 13.7 Å². The van der Waals surface area contributed by atoms with Gasteiger partial charge >= 0.3 is 5.97 Å². The lowest BCUT2D eigenvalue weighted by Gasteiger charge is -1.98. The van der Waals surface area contributed by atoms with Gasteiger partial charge in [-0.2, -0.15) is 0 Å². The lowest BCUT2D eigenvalue weighted by atomic mass is 10.2. The molecule has 84 valence electrons. The molecule has 2 aromatic rings. The summed E-state index contributed by atoms with van der Waals surface area (Å²) in [4.78, 5) is 15.3. The van der Waals surface area contributed by atoms with Gasteiger partial charge in [-0.1, -0.05) is 5.16 Å². The van der Waals surface area contributed by atoms with Crippen LogP contribution in [0.3, 0.4) is 0 Å². The van der Waals surface area contributed by atoms with Crippen LogP contribution >= 0.6 is 0 Å². The summed E-state index contributed by atoms with van der Waals surface area (Å²) in [6.45, 7) is 3.79. The molecular formula is C10H10N2O4. The van der Waals surface area contributed by atoms with Crippen molar-refractivity contribution in [2.45, 2.75) is 13.8 Å². The second-order valence-corrected chi connectivity index (χ2v) is 3.09. The average Bonchev–Trinajstić information content (AvgIpc) is 2.85. The molecule has 6 nitrogen and oxygen atoms in total. The molecule has 6 heteroatoms. The van der Waals surface area contributed by atoms with E-state index in [9.17, 15) is 4.79 Å². The minimum Gasteiger partial charge on any atom is -0.461 e. The molecule has 0 bridgehead atoms. The summed E-state index contributed by atoms with van der Waals surface area (Å²) >= 11 is 0. The van der Waals surface area contributed by atoms with E-state index in [0.717, 1.165) is 5.56 Å². The summed E-state index contributed by atoms with van der Waals surface area (Å²) in [6, 6.07) is 0. The molecule has 0 spiro atoms. The van der Waals surface area contributed by atoms with Gasteiger partial charge in [-0.3, -0.25) is 0 Å². The first-order valence-corrected chi connectivity index (χ1v) is 4.76. The van der Waals surface area contributed by atoms with Gasteiger partial charge in [-0.15, -0.1) is 0 Å². The minimum atomic E-state index is -0.540. The summed E-state index contributed by atoms with van der Waals surface area (Å²) < 4.78 is 14.9. The van der Waals surface area contributed by atoms with E-state index < -0.39 is 5.97 Å². The van der Waals surface area contributed by atoms with Crippen LogP contribution in [0.5, 0.6) is 0 Å². The van der Waals surface area contributed by atoms with Crippen molar-refractivity contribution in [3.05, 3.63) is 23.8 Å². The predicted molar refractivity (Wildman–Crippen MR) is 52.7 cm³/mol. The first-order valence-electron chi connectivity index (χ1n) is 4.76. The van der Waals surface area contributed by atoms with E-state index in [1.807, 2.05) is 0 Å². The Morgan fingerprint density at radius 1 is 1.50 bits per heavy atom. The minimum absolute atomic E-state index is 0.0988. The smallest absolute Gasteiger partial charge is 0.361 e. The zero-order valence-electron chi connectivity index (χ0n) is 8.89.